The number of aldehydes is 2. The predicted molar refractivity (Wildman–Crippen MR) is 56.0 cm³/mol. The van der Waals surface area contributed by atoms with Crippen molar-refractivity contribution in [1.82, 2.24) is 0 Å². The lowest BCUT2D eigenvalue weighted by Crippen LogP contribution is -1.83. The van der Waals surface area contributed by atoms with E-state index in [9.17, 15) is 14.7 Å². The van der Waals surface area contributed by atoms with Crippen LogP contribution in [0, 0.1) is 0 Å². The first-order chi connectivity index (χ1) is 6.74. The molecule has 1 aromatic rings. The van der Waals surface area contributed by atoms with E-state index in [1.54, 1.807) is 12.2 Å². The fraction of sp³-hybridized carbons (Fsp3) is 0. The third-order valence-electron chi connectivity index (χ3n) is 1.62. The van der Waals surface area contributed by atoms with E-state index >= 15 is 0 Å². The van der Waals surface area contributed by atoms with Gasteiger partial charge in [0.1, 0.15) is 0 Å². The topological polar surface area (TPSA) is 54.4 Å². The van der Waals surface area contributed by atoms with E-state index in [1.165, 1.54) is 6.08 Å². The van der Waals surface area contributed by atoms with Crippen LogP contribution in [0.1, 0.15) is 25.6 Å². The second-order valence-electron chi connectivity index (χ2n) is 2.43. The fourth-order valence-corrected chi connectivity index (χ4v) is 1.81. The highest BCUT2D eigenvalue weighted by Gasteiger charge is 2.14. The Hall–Kier alpha value is -1.68. The molecule has 1 aromatic heterocycles. The third kappa shape index (κ3) is 1.80. The number of allylic oxidation sites excluding steroid dienone is 2. The molecule has 0 spiro atoms. The molecule has 0 aromatic carbocycles. The standard InChI is InChI=1S/C10H8O3S/c1-2-3-4-7-8(5-11)10(13)14-9(7)6-12/h2-6,13H,1H2/b4-3+. The van der Waals surface area contributed by atoms with Crippen molar-refractivity contribution in [2.24, 2.45) is 0 Å². The van der Waals surface area contributed by atoms with E-state index in [-0.39, 0.29) is 10.6 Å². The monoisotopic (exact) mass is 208 g/mol. The molecule has 4 heteroatoms. The first kappa shape index (κ1) is 10.4. The minimum absolute atomic E-state index is 0.134. The zero-order valence-electron chi connectivity index (χ0n) is 7.27. The van der Waals surface area contributed by atoms with Crippen molar-refractivity contribution in [3.63, 3.8) is 0 Å². The molecule has 0 aliphatic carbocycles. The lowest BCUT2D eigenvalue weighted by Gasteiger charge is -1.90. The molecule has 72 valence electrons. The molecular weight excluding hydrogens is 200 g/mol. The lowest BCUT2D eigenvalue weighted by molar-refractivity contribution is 0.112. The molecule has 0 saturated carbocycles. The Labute approximate surface area is 85.0 Å². The number of rotatable bonds is 4. The highest BCUT2D eigenvalue weighted by Crippen LogP contribution is 2.32. The van der Waals surface area contributed by atoms with Gasteiger partial charge in [0.2, 0.25) is 0 Å². The predicted octanol–water partition coefficient (Wildman–Crippen LogP) is 2.28. The first-order valence-corrected chi connectivity index (χ1v) is 4.61. The maximum absolute atomic E-state index is 10.6. The lowest BCUT2D eigenvalue weighted by atomic mass is 10.1. The van der Waals surface area contributed by atoms with E-state index in [2.05, 4.69) is 6.58 Å². The molecule has 0 bridgehead atoms. The van der Waals surface area contributed by atoms with Gasteiger partial charge in [0.15, 0.2) is 17.6 Å². The fourth-order valence-electron chi connectivity index (χ4n) is 1.000. The number of thiophene rings is 1. The van der Waals surface area contributed by atoms with Crippen molar-refractivity contribution in [3.8, 4) is 5.06 Å². The summed E-state index contributed by atoms with van der Waals surface area (Å²) < 4.78 is 0. The smallest absolute Gasteiger partial charge is 0.183 e. The number of hydrogen-bond acceptors (Lipinski definition) is 4. The van der Waals surface area contributed by atoms with Gasteiger partial charge in [-0.3, -0.25) is 9.59 Å². The van der Waals surface area contributed by atoms with Crippen LogP contribution in [0.15, 0.2) is 18.7 Å². The minimum atomic E-state index is -0.134. The molecule has 0 aliphatic heterocycles. The van der Waals surface area contributed by atoms with E-state index in [1.807, 2.05) is 0 Å². The average Bonchev–Trinajstić information content (AvgIpc) is 2.50. The Morgan fingerprint density at radius 1 is 1.21 bits per heavy atom. The highest BCUT2D eigenvalue weighted by molar-refractivity contribution is 7.16. The van der Waals surface area contributed by atoms with Gasteiger partial charge in [-0.1, -0.05) is 36.1 Å². The van der Waals surface area contributed by atoms with Crippen LogP contribution >= 0.6 is 11.3 Å². The summed E-state index contributed by atoms with van der Waals surface area (Å²) in [6, 6.07) is 0. The van der Waals surface area contributed by atoms with Crippen LogP contribution in [0.2, 0.25) is 0 Å². The van der Waals surface area contributed by atoms with Gasteiger partial charge in [0.25, 0.3) is 0 Å². The SMILES string of the molecule is C=C/C=C/c1c(C=O)sc(O)c1C=O. The second-order valence-corrected chi connectivity index (χ2v) is 3.46. The van der Waals surface area contributed by atoms with Crippen LogP contribution in [0.3, 0.4) is 0 Å². The molecule has 0 saturated heterocycles. The van der Waals surface area contributed by atoms with Crippen LogP contribution in [-0.4, -0.2) is 17.7 Å². The van der Waals surface area contributed by atoms with Crippen LogP contribution in [0.4, 0.5) is 0 Å². The van der Waals surface area contributed by atoms with Gasteiger partial charge in [0, 0.05) is 5.56 Å². The van der Waals surface area contributed by atoms with Crippen LogP contribution in [0.25, 0.3) is 6.08 Å². The largest absolute Gasteiger partial charge is 0.499 e. The molecule has 1 heterocycles. The van der Waals surface area contributed by atoms with E-state index in [0.29, 0.717) is 23.0 Å². The van der Waals surface area contributed by atoms with Gasteiger partial charge in [0.05, 0.1) is 10.4 Å². The van der Waals surface area contributed by atoms with Crippen LogP contribution in [0.5, 0.6) is 5.06 Å². The molecular formula is C10H8O3S. The molecule has 0 aliphatic rings. The summed E-state index contributed by atoms with van der Waals surface area (Å²) in [7, 11) is 0. The number of carbonyl (C=O) groups is 2. The van der Waals surface area contributed by atoms with Crippen molar-refractivity contribution in [1.29, 1.82) is 0 Å². The van der Waals surface area contributed by atoms with Gasteiger partial charge < -0.3 is 5.11 Å². The summed E-state index contributed by atoms with van der Waals surface area (Å²) in [4.78, 5) is 21.5. The maximum atomic E-state index is 10.6. The summed E-state index contributed by atoms with van der Waals surface area (Å²) in [6.45, 7) is 3.47. The quantitative estimate of drug-likeness (QED) is 0.610. The average molecular weight is 208 g/mol. The molecule has 1 N–H and O–H groups in total. The van der Waals surface area contributed by atoms with E-state index < -0.39 is 0 Å². The summed E-state index contributed by atoms with van der Waals surface area (Å²) in [5.74, 6) is 0. The number of hydrogen-bond donors (Lipinski definition) is 1. The first-order valence-electron chi connectivity index (χ1n) is 3.79. The van der Waals surface area contributed by atoms with Gasteiger partial charge in [-0.2, -0.15) is 0 Å². The van der Waals surface area contributed by atoms with Crippen molar-refractivity contribution < 1.29 is 14.7 Å². The van der Waals surface area contributed by atoms with Gasteiger partial charge >= 0.3 is 0 Å². The van der Waals surface area contributed by atoms with Gasteiger partial charge in [-0.25, -0.2) is 0 Å². The van der Waals surface area contributed by atoms with Crippen molar-refractivity contribution in [2.75, 3.05) is 0 Å². The van der Waals surface area contributed by atoms with E-state index in [4.69, 9.17) is 0 Å². The zero-order chi connectivity index (χ0) is 10.6. The molecule has 0 atom stereocenters. The molecule has 1 rings (SSSR count). The summed E-state index contributed by atoms with van der Waals surface area (Å²) in [5.41, 5.74) is 0.590. The minimum Gasteiger partial charge on any atom is -0.499 e. The van der Waals surface area contributed by atoms with Crippen molar-refractivity contribution in [2.45, 2.75) is 0 Å². The Balaban J connectivity index is 3.33. The Bertz CT molecular complexity index is 402. The van der Waals surface area contributed by atoms with Crippen LogP contribution in [-0.2, 0) is 0 Å². The van der Waals surface area contributed by atoms with Gasteiger partial charge in [-0.05, 0) is 0 Å². The number of carbonyl (C=O) groups excluding carboxylic acids is 2. The Morgan fingerprint density at radius 2 is 1.93 bits per heavy atom. The summed E-state index contributed by atoms with van der Waals surface area (Å²) >= 11 is 0.887. The third-order valence-corrected chi connectivity index (χ3v) is 2.57. The van der Waals surface area contributed by atoms with Crippen molar-refractivity contribution in [3.05, 3.63) is 34.7 Å². The molecule has 0 amide bonds. The Kier molecular flexibility index (Phi) is 3.36. The van der Waals surface area contributed by atoms with Crippen molar-refractivity contribution >= 4 is 30.0 Å². The second kappa shape index (κ2) is 4.53. The molecule has 0 radical (unpaired) electrons. The number of aromatic hydroxyl groups is 1. The van der Waals surface area contributed by atoms with Gasteiger partial charge in [-0.15, -0.1) is 0 Å². The molecule has 3 nitrogen and oxygen atoms in total. The summed E-state index contributed by atoms with van der Waals surface area (Å²) in [5, 5.41) is 9.18. The molecule has 14 heavy (non-hydrogen) atoms. The van der Waals surface area contributed by atoms with Crippen LogP contribution < -0.4 is 0 Å². The Morgan fingerprint density at radius 3 is 2.43 bits per heavy atom. The molecule has 0 unspecified atom stereocenters. The highest BCUT2D eigenvalue weighted by atomic mass is 32.1. The van der Waals surface area contributed by atoms with E-state index in [0.717, 1.165) is 11.3 Å². The normalized spacial score (nSPS) is 10.3. The maximum Gasteiger partial charge on any atom is 0.183 e. The summed E-state index contributed by atoms with van der Waals surface area (Å²) in [6.07, 6.45) is 5.83. The molecule has 0 fully saturated rings. The zero-order valence-corrected chi connectivity index (χ0v) is 8.08.